The van der Waals surface area contributed by atoms with Gasteiger partial charge in [-0.3, -0.25) is 4.79 Å². The summed E-state index contributed by atoms with van der Waals surface area (Å²) >= 11 is 1.91. The Balaban J connectivity index is 1.12. The van der Waals surface area contributed by atoms with E-state index in [1.807, 2.05) is 117 Å². The number of amides is 3. The van der Waals surface area contributed by atoms with E-state index < -0.39 is 12.7 Å². The Labute approximate surface area is 289 Å². The average Bonchev–Trinajstić information content (AvgIpc) is 3.64. The Kier molecular flexibility index (Phi) is 12.4. The molecule has 3 atom stereocenters. The van der Waals surface area contributed by atoms with Crippen molar-refractivity contribution < 1.29 is 18.9 Å². The number of aliphatic imine (C=N–C) groups is 1. The minimum Gasteiger partial charge on any atom is -0.477 e. The predicted octanol–water partition coefficient (Wildman–Crippen LogP) is 5.90. The Hall–Kier alpha value is -3.55. The van der Waals surface area contributed by atoms with Crippen molar-refractivity contribution in [2.45, 2.75) is 88.6 Å². The Morgan fingerprint density at radius 2 is 1.56 bits per heavy atom. The average molecular weight is 689 g/mol. The van der Waals surface area contributed by atoms with E-state index in [0.717, 1.165) is 60.5 Å². The lowest BCUT2D eigenvalue weighted by Gasteiger charge is -2.24. The van der Waals surface area contributed by atoms with Crippen molar-refractivity contribution in [2.75, 3.05) is 18.9 Å². The monoisotopic (exact) mass is 688 g/mol. The highest BCUT2D eigenvalue weighted by molar-refractivity contribution is 8.00. The smallest absolute Gasteiger partial charge is 0.315 e. The maximum Gasteiger partial charge on any atom is 0.315 e. The van der Waals surface area contributed by atoms with Crippen LogP contribution in [0.25, 0.3) is 0 Å². The van der Waals surface area contributed by atoms with E-state index in [-0.39, 0.29) is 24.0 Å². The topological polar surface area (TPSA) is 109 Å². The number of nitrogens with one attached hydrogen (secondary N) is 3. The number of hydrogen-bond acceptors (Lipinski definition) is 6. The molecular formula is C38H49N4O4PS. The van der Waals surface area contributed by atoms with Crippen molar-refractivity contribution in [1.29, 1.82) is 0 Å². The molecule has 0 aromatic heterocycles. The molecule has 10 heteroatoms. The molecule has 5 rings (SSSR count). The molecule has 2 aliphatic heterocycles. The van der Waals surface area contributed by atoms with Crippen molar-refractivity contribution in [3.8, 4) is 0 Å². The van der Waals surface area contributed by atoms with Crippen LogP contribution in [-0.4, -0.2) is 59.6 Å². The SMILES string of the molecule is CC(C)(C)/N=C(\OCCCCCNC(=O)CCCC[C@@H]1SC[C@@H]2NC(=O)N[C@@H]21)c1ccccc1P(=O)(c1ccccc1)c1ccccc1. The summed E-state index contributed by atoms with van der Waals surface area (Å²) in [6.45, 7) is 7.21. The first kappa shape index (κ1) is 35.7. The minimum atomic E-state index is -3.24. The minimum absolute atomic E-state index is 0.0563. The Morgan fingerprint density at radius 3 is 2.25 bits per heavy atom. The summed E-state index contributed by atoms with van der Waals surface area (Å²) in [5.74, 6) is 1.55. The molecule has 0 aliphatic carbocycles. The van der Waals surface area contributed by atoms with Gasteiger partial charge in [-0.1, -0.05) is 85.3 Å². The molecule has 8 nitrogen and oxygen atoms in total. The highest BCUT2D eigenvalue weighted by Crippen LogP contribution is 2.43. The summed E-state index contributed by atoms with van der Waals surface area (Å²) in [5.41, 5.74) is 0.338. The quantitative estimate of drug-likeness (QED) is 0.0606. The standard InChI is InChI=1S/C38H49N4O4PS/c1-38(2,3)42-36(30-21-11-12-22-32(30)47(45,28-17-7-4-8-18-28)29-19-9-5-10-20-29)46-26-16-6-15-25-39-34(43)24-14-13-23-33-35-31(27-48-33)40-37(44)41-35/h4-5,7-12,17-22,31,33,35H,6,13-16,23-27H2,1-3H3,(H,39,43)(H2,40,41,44)/b42-36-/t31-,33-,35-/m0/s1. The molecule has 0 bridgehead atoms. The summed E-state index contributed by atoms with van der Waals surface area (Å²) in [7, 11) is -3.24. The number of rotatable bonds is 15. The Morgan fingerprint density at radius 1 is 0.896 bits per heavy atom. The number of carbonyl (C=O) groups excluding carboxylic acids is 2. The third-order valence-corrected chi connectivity index (χ3v) is 13.2. The predicted molar refractivity (Wildman–Crippen MR) is 199 cm³/mol. The van der Waals surface area contributed by atoms with E-state index in [1.54, 1.807) is 0 Å². The molecule has 3 amide bonds. The number of hydrogen-bond donors (Lipinski definition) is 3. The van der Waals surface area contributed by atoms with E-state index in [4.69, 9.17) is 9.73 Å². The van der Waals surface area contributed by atoms with Crippen molar-refractivity contribution in [2.24, 2.45) is 4.99 Å². The maximum absolute atomic E-state index is 15.2. The van der Waals surface area contributed by atoms with Crippen LogP contribution in [0.5, 0.6) is 0 Å². The first-order valence-electron chi connectivity index (χ1n) is 17.1. The van der Waals surface area contributed by atoms with E-state index in [1.165, 1.54) is 0 Å². The second-order valence-electron chi connectivity index (χ2n) is 13.5. The number of urea groups is 1. The molecule has 0 spiro atoms. The molecule has 2 heterocycles. The second kappa shape index (κ2) is 16.7. The van der Waals surface area contributed by atoms with Crippen molar-refractivity contribution in [1.82, 2.24) is 16.0 Å². The van der Waals surface area contributed by atoms with Gasteiger partial charge < -0.3 is 25.3 Å². The number of carbonyl (C=O) groups is 2. The van der Waals surface area contributed by atoms with Crippen LogP contribution >= 0.6 is 18.9 Å². The van der Waals surface area contributed by atoms with Gasteiger partial charge in [0.15, 0.2) is 7.14 Å². The molecule has 0 saturated carbocycles. The lowest BCUT2D eigenvalue weighted by Crippen LogP contribution is -2.36. The molecular weight excluding hydrogens is 639 g/mol. The van der Waals surface area contributed by atoms with Crippen LogP contribution in [-0.2, 0) is 14.1 Å². The molecule has 2 aliphatic rings. The number of fused-ring (bicyclic) bond motifs is 1. The molecule has 2 saturated heterocycles. The van der Waals surface area contributed by atoms with Crippen molar-refractivity contribution in [3.05, 3.63) is 90.5 Å². The summed E-state index contributed by atoms with van der Waals surface area (Å²) < 4.78 is 21.6. The number of ether oxygens (including phenoxy) is 1. The molecule has 3 N–H and O–H groups in total. The zero-order valence-electron chi connectivity index (χ0n) is 28.3. The van der Waals surface area contributed by atoms with Gasteiger partial charge in [-0.15, -0.1) is 0 Å². The van der Waals surface area contributed by atoms with E-state index >= 15 is 4.57 Å². The number of unbranched alkanes of at least 4 members (excludes halogenated alkanes) is 3. The maximum atomic E-state index is 15.2. The summed E-state index contributed by atoms with van der Waals surface area (Å²) in [5, 5.41) is 11.7. The largest absolute Gasteiger partial charge is 0.477 e. The lowest BCUT2D eigenvalue weighted by atomic mass is 10.0. The fourth-order valence-electron chi connectivity index (χ4n) is 6.27. The molecule has 3 aromatic rings. The number of benzene rings is 3. The number of thioether (sulfide) groups is 1. The van der Waals surface area contributed by atoms with Crippen LogP contribution in [0.2, 0.25) is 0 Å². The van der Waals surface area contributed by atoms with Crippen molar-refractivity contribution in [3.63, 3.8) is 0 Å². The van der Waals surface area contributed by atoms with E-state index in [0.29, 0.717) is 36.0 Å². The highest BCUT2D eigenvalue weighted by Gasteiger charge is 2.42. The molecule has 256 valence electrons. The van der Waals surface area contributed by atoms with Crippen LogP contribution in [0.15, 0.2) is 89.9 Å². The highest BCUT2D eigenvalue weighted by atomic mass is 32.2. The Bertz CT molecular complexity index is 1550. The summed E-state index contributed by atoms with van der Waals surface area (Å²) in [6, 6.07) is 27.5. The van der Waals surface area contributed by atoms with Crippen LogP contribution in [0.3, 0.4) is 0 Å². The zero-order chi connectivity index (χ0) is 34.0. The normalized spacial score (nSPS) is 19.4. The van der Waals surface area contributed by atoms with E-state index in [9.17, 15) is 9.59 Å². The molecule has 3 aromatic carbocycles. The van der Waals surface area contributed by atoms with Gasteiger partial charge in [-0.05, 0) is 58.9 Å². The fourth-order valence-corrected chi connectivity index (χ4v) is 10.7. The van der Waals surface area contributed by atoms with Gasteiger partial charge in [0.1, 0.15) is 0 Å². The van der Waals surface area contributed by atoms with Crippen molar-refractivity contribution >= 4 is 52.7 Å². The van der Waals surface area contributed by atoms with Gasteiger partial charge in [-0.2, -0.15) is 11.8 Å². The molecule has 0 unspecified atom stereocenters. The first-order valence-corrected chi connectivity index (χ1v) is 19.9. The first-order chi connectivity index (χ1) is 23.1. The summed E-state index contributed by atoms with van der Waals surface area (Å²) in [4.78, 5) is 28.9. The third-order valence-electron chi connectivity index (χ3n) is 8.61. The van der Waals surface area contributed by atoms with Crippen LogP contribution in [0.1, 0.15) is 71.3 Å². The van der Waals surface area contributed by atoms with Crippen LogP contribution < -0.4 is 31.9 Å². The van der Waals surface area contributed by atoms with Gasteiger partial charge in [-0.25, -0.2) is 9.79 Å². The van der Waals surface area contributed by atoms with Gasteiger partial charge in [0, 0.05) is 45.4 Å². The zero-order valence-corrected chi connectivity index (χ0v) is 30.0. The molecule has 2 fully saturated rings. The number of nitrogens with zero attached hydrogens (tertiary/aromatic N) is 1. The van der Waals surface area contributed by atoms with Gasteiger partial charge in [0.2, 0.25) is 11.8 Å². The lowest BCUT2D eigenvalue weighted by molar-refractivity contribution is -0.121. The van der Waals surface area contributed by atoms with Gasteiger partial charge >= 0.3 is 6.03 Å². The second-order valence-corrected chi connectivity index (χ2v) is 17.5. The van der Waals surface area contributed by atoms with Crippen LogP contribution in [0, 0.1) is 0 Å². The third kappa shape index (κ3) is 9.32. The van der Waals surface area contributed by atoms with Gasteiger partial charge in [0.05, 0.1) is 24.2 Å². The molecule has 48 heavy (non-hydrogen) atoms. The molecule has 0 radical (unpaired) electrons. The van der Waals surface area contributed by atoms with Gasteiger partial charge in [0.25, 0.3) is 0 Å². The fraction of sp³-hybridized carbons (Fsp3) is 0.447. The van der Waals surface area contributed by atoms with E-state index in [2.05, 4.69) is 16.0 Å². The summed E-state index contributed by atoms with van der Waals surface area (Å²) in [6.07, 6.45) is 5.96. The van der Waals surface area contributed by atoms with Crippen LogP contribution in [0.4, 0.5) is 4.79 Å².